The zero-order chi connectivity index (χ0) is 20.5. The minimum absolute atomic E-state index is 0. The second kappa shape index (κ2) is 12.8. The lowest BCUT2D eigenvalue weighted by atomic mass is 10.1. The standard InChI is InChI=1S/C23H35N5O.HI/c1-3-24-23(25-13-8-16-28-15-6-4-5-11-21(28)29)26-14-12-19-17-27-20-10-7-9-18(2)22(19)20;/h7,9-10,17,27H,3-6,8,11-16H2,1-2H3,(H2,24,25,26);1H. The third-order valence-corrected chi connectivity index (χ3v) is 5.55. The number of H-pyrrole nitrogens is 1. The van der Waals surface area contributed by atoms with Crippen LogP contribution in [-0.2, 0) is 11.2 Å². The number of nitrogens with zero attached hydrogens (tertiary/aromatic N) is 2. The highest BCUT2D eigenvalue weighted by atomic mass is 127. The lowest BCUT2D eigenvalue weighted by Gasteiger charge is -2.20. The summed E-state index contributed by atoms with van der Waals surface area (Å²) in [4.78, 5) is 22.2. The molecule has 0 saturated carbocycles. The maximum absolute atomic E-state index is 12.1. The van der Waals surface area contributed by atoms with Gasteiger partial charge in [-0.3, -0.25) is 9.79 Å². The van der Waals surface area contributed by atoms with Gasteiger partial charge in [0.2, 0.25) is 5.91 Å². The first-order valence-corrected chi connectivity index (χ1v) is 11.0. The Balaban J connectivity index is 0.00000320. The number of hydrogen-bond acceptors (Lipinski definition) is 2. The molecule has 1 aliphatic heterocycles. The Kier molecular flexibility index (Phi) is 10.5. The van der Waals surface area contributed by atoms with Gasteiger partial charge < -0.3 is 20.5 Å². The molecular weight excluding hydrogens is 489 g/mol. The van der Waals surface area contributed by atoms with Crippen molar-refractivity contribution in [2.24, 2.45) is 4.99 Å². The number of benzene rings is 1. The normalized spacial score (nSPS) is 15.1. The van der Waals surface area contributed by atoms with E-state index in [-0.39, 0.29) is 24.0 Å². The van der Waals surface area contributed by atoms with E-state index >= 15 is 0 Å². The van der Waals surface area contributed by atoms with Gasteiger partial charge in [0, 0.05) is 56.2 Å². The number of aryl methyl sites for hydroxylation is 1. The van der Waals surface area contributed by atoms with E-state index in [1.165, 1.54) is 28.5 Å². The van der Waals surface area contributed by atoms with E-state index in [2.05, 4.69) is 53.9 Å². The third-order valence-electron chi connectivity index (χ3n) is 5.55. The Morgan fingerprint density at radius 2 is 2.10 bits per heavy atom. The summed E-state index contributed by atoms with van der Waals surface area (Å²) in [5.41, 5.74) is 3.84. The van der Waals surface area contributed by atoms with Crippen molar-refractivity contribution in [1.82, 2.24) is 20.5 Å². The number of guanidine groups is 1. The van der Waals surface area contributed by atoms with Gasteiger partial charge in [0.15, 0.2) is 5.96 Å². The largest absolute Gasteiger partial charge is 0.361 e. The molecule has 1 fully saturated rings. The van der Waals surface area contributed by atoms with Crippen molar-refractivity contribution in [1.29, 1.82) is 0 Å². The summed E-state index contributed by atoms with van der Waals surface area (Å²) in [7, 11) is 0. The molecule has 1 aromatic heterocycles. The number of hydrogen-bond donors (Lipinski definition) is 3. The highest BCUT2D eigenvalue weighted by Gasteiger charge is 2.15. The number of halogens is 1. The van der Waals surface area contributed by atoms with Crippen molar-refractivity contribution in [2.45, 2.75) is 52.4 Å². The van der Waals surface area contributed by atoms with E-state index in [0.29, 0.717) is 12.3 Å². The van der Waals surface area contributed by atoms with Crippen molar-refractivity contribution in [2.75, 3.05) is 32.7 Å². The third kappa shape index (κ3) is 6.89. The Labute approximate surface area is 197 Å². The Morgan fingerprint density at radius 3 is 2.93 bits per heavy atom. The first-order chi connectivity index (χ1) is 14.2. The van der Waals surface area contributed by atoms with Gasteiger partial charge in [-0.2, -0.15) is 0 Å². The van der Waals surface area contributed by atoms with Gasteiger partial charge in [0.25, 0.3) is 0 Å². The van der Waals surface area contributed by atoms with Crippen LogP contribution in [0.5, 0.6) is 0 Å². The number of carbonyl (C=O) groups excluding carboxylic acids is 1. The smallest absolute Gasteiger partial charge is 0.222 e. The SMILES string of the molecule is CCNC(=NCCCN1CCCCCC1=O)NCCc1c[nH]c2cccc(C)c12.I. The van der Waals surface area contributed by atoms with Gasteiger partial charge in [-0.05, 0) is 56.7 Å². The monoisotopic (exact) mass is 525 g/mol. The lowest BCUT2D eigenvalue weighted by Crippen LogP contribution is -2.38. The molecule has 1 saturated heterocycles. The predicted octanol–water partition coefficient (Wildman–Crippen LogP) is 3.98. The second-order valence-corrected chi connectivity index (χ2v) is 7.79. The summed E-state index contributed by atoms with van der Waals surface area (Å²) in [5.74, 6) is 1.16. The fourth-order valence-electron chi connectivity index (χ4n) is 4.03. The Bertz CT molecular complexity index is 832. The van der Waals surface area contributed by atoms with Crippen molar-refractivity contribution >= 4 is 46.7 Å². The molecule has 1 amide bonds. The average Bonchev–Trinajstić information content (AvgIpc) is 3.02. The van der Waals surface area contributed by atoms with Gasteiger partial charge in [-0.25, -0.2) is 0 Å². The number of rotatable bonds is 8. The van der Waals surface area contributed by atoms with Gasteiger partial charge in [-0.15, -0.1) is 24.0 Å². The van der Waals surface area contributed by atoms with Crippen molar-refractivity contribution in [3.8, 4) is 0 Å². The van der Waals surface area contributed by atoms with Gasteiger partial charge in [0.1, 0.15) is 0 Å². The Morgan fingerprint density at radius 1 is 1.23 bits per heavy atom. The zero-order valence-electron chi connectivity index (χ0n) is 18.3. The minimum Gasteiger partial charge on any atom is -0.361 e. The maximum atomic E-state index is 12.1. The van der Waals surface area contributed by atoms with Crippen LogP contribution in [0.25, 0.3) is 10.9 Å². The molecule has 0 aliphatic carbocycles. The minimum atomic E-state index is 0. The number of aromatic amines is 1. The molecule has 166 valence electrons. The van der Waals surface area contributed by atoms with Crippen molar-refractivity contribution in [3.63, 3.8) is 0 Å². The summed E-state index contributed by atoms with van der Waals surface area (Å²) in [6.07, 6.45) is 8.01. The average molecular weight is 525 g/mol. The summed E-state index contributed by atoms with van der Waals surface area (Å²) >= 11 is 0. The Hall–Kier alpha value is -1.77. The highest BCUT2D eigenvalue weighted by Crippen LogP contribution is 2.22. The molecule has 7 heteroatoms. The predicted molar refractivity (Wildman–Crippen MR) is 136 cm³/mol. The molecule has 0 atom stereocenters. The first-order valence-electron chi connectivity index (χ1n) is 11.0. The molecule has 1 aromatic carbocycles. The number of amides is 1. The van der Waals surface area contributed by atoms with Crippen LogP contribution in [0.15, 0.2) is 29.4 Å². The number of likely N-dealkylation sites (tertiary alicyclic amines) is 1. The fourth-order valence-corrected chi connectivity index (χ4v) is 4.03. The molecular formula is C23H36IN5O. The molecule has 3 rings (SSSR count). The van der Waals surface area contributed by atoms with Gasteiger partial charge >= 0.3 is 0 Å². The molecule has 2 aromatic rings. The summed E-state index contributed by atoms with van der Waals surface area (Å²) in [5, 5.41) is 8.10. The molecule has 0 bridgehead atoms. The highest BCUT2D eigenvalue weighted by molar-refractivity contribution is 14.0. The molecule has 6 nitrogen and oxygen atoms in total. The van der Waals surface area contributed by atoms with Crippen molar-refractivity contribution < 1.29 is 4.79 Å². The summed E-state index contributed by atoms with van der Waals surface area (Å²) in [6, 6.07) is 6.37. The molecule has 1 aliphatic rings. The van der Waals surface area contributed by atoms with E-state index in [1.807, 2.05) is 4.90 Å². The summed E-state index contributed by atoms with van der Waals surface area (Å²) in [6.45, 7) is 8.36. The summed E-state index contributed by atoms with van der Waals surface area (Å²) < 4.78 is 0. The lowest BCUT2D eigenvalue weighted by molar-refractivity contribution is -0.130. The van der Waals surface area contributed by atoms with Crippen LogP contribution in [0.1, 0.15) is 50.2 Å². The molecule has 0 radical (unpaired) electrons. The molecule has 3 N–H and O–H groups in total. The quantitative estimate of drug-likeness (QED) is 0.211. The van der Waals surface area contributed by atoms with Crippen LogP contribution in [0.2, 0.25) is 0 Å². The number of carbonyl (C=O) groups is 1. The maximum Gasteiger partial charge on any atom is 0.222 e. The number of fused-ring (bicyclic) bond motifs is 1. The molecule has 0 spiro atoms. The van der Waals surface area contributed by atoms with E-state index in [1.54, 1.807) is 0 Å². The van der Waals surface area contributed by atoms with Crippen LogP contribution in [0, 0.1) is 6.92 Å². The van der Waals surface area contributed by atoms with E-state index < -0.39 is 0 Å². The fraction of sp³-hybridized carbons (Fsp3) is 0.565. The van der Waals surface area contributed by atoms with Crippen LogP contribution in [-0.4, -0.2) is 54.5 Å². The van der Waals surface area contributed by atoms with Crippen molar-refractivity contribution in [3.05, 3.63) is 35.5 Å². The van der Waals surface area contributed by atoms with Crippen LogP contribution in [0.3, 0.4) is 0 Å². The number of aliphatic imine (C=N–C) groups is 1. The zero-order valence-corrected chi connectivity index (χ0v) is 20.6. The number of nitrogens with one attached hydrogen (secondary N) is 3. The van der Waals surface area contributed by atoms with E-state index in [0.717, 1.165) is 64.4 Å². The van der Waals surface area contributed by atoms with Crippen LogP contribution < -0.4 is 10.6 Å². The van der Waals surface area contributed by atoms with Crippen LogP contribution in [0.4, 0.5) is 0 Å². The number of aromatic nitrogens is 1. The van der Waals surface area contributed by atoms with Crippen LogP contribution >= 0.6 is 24.0 Å². The molecule has 2 heterocycles. The second-order valence-electron chi connectivity index (χ2n) is 7.79. The van der Waals surface area contributed by atoms with Gasteiger partial charge in [-0.1, -0.05) is 18.6 Å². The van der Waals surface area contributed by atoms with E-state index in [4.69, 9.17) is 4.99 Å². The first kappa shape index (κ1) is 24.5. The van der Waals surface area contributed by atoms with Gasteiger partial charge in [0.05, 0.1) is 0 Å². The molecule has 0 unspecified atom stereocenters. The van der Waals surface area contributed by atoms with E-state index in [9.17, 15) is 4.79 Å². The topological polar surface area (TPSA) is 72.5 Å². The molecule has 30 heavy (non-hydrogen) atoms.